The first kappa shape index (κ1) is 17.0. The zero-order valence-electron chi connectivity index (χ0n) is 13.4. The molecule has 0 saturated heterocycles. The van der Waals surface area contributed by atoms with Crippen LogP contribution >= 0.6 is 23.6 Å². The number of carbonyl (C=O) groups excluding carboxylic acids is 1. The van der Waals surface area contributed by atoms with E-state index in [1.807, 2.05) is 5.38 Å². The van der Waals surface area contributed by atoms with Crippen molar-refractivity contribution in [1.82, 2.24) is 19.9 Å². The van der Waals surface area contributed by atoms with E-state index in [9.17, 15) is 4.79 Å². The molecule has 2 aromatic heterocycles. The largest absolute Gasteiger partial charge is 0.497 e. The SMILES string of the molecule is COc1ccc(N(C(C)=O)c2nc(/C=N\n3cn[nH]c3=S)cs2)cc1. The maximum Gasteiger partial charge on any atom is 0.230 e. The number of hydrogen-bond acceptors (Lipinski definition) is 7. The van der Waals surface area contributed by atoms with Gasteiger partial charge in [-0.25, -0.2) is 4.98 Å². The number of hydrogen-bond donors (Lipinski definition) is 1. The van der Waals surface area contributed by atoms with Gasteiger partial charge in [0.1, 0.15) is 12.1 Å². The second-order valence-electron chi connectivity index (χ2n) is 4.86. The van der Waals surface area contributed by atoms with Crippen LogP contribution in [0, 0.1) is 4.77 Å². The van der Waals surface area contributed by atoms with Gasteiger partial charge in [0.05, 0.1) is 24.7 Å². The number of thiazole rings is 1. The molecule has 8 nitrogen and oxygen atoms in total. The molecular weight excluding hydrogens is 360 g/mol. The van der Waals surface area contributed by atoms with E-state index < -0.39 is 0 Å². The highest BCUT2D eigenvalue weighted by Crippen LogP contribution is 2.29. The van der Waals surface area contributed by atoms with Gasteiger partial charge in [-0.15, -0.1) is 11.3 Å². The van der Waals surface area contributed by atoms with E-state index >= 15 is 0 Å². The maximum atomic E-state index is 12.1. The predicted octanol–water partition coefficient (Wildman–Crippen LogP) is 2.97. The van der Waals surface area contributed by atoms with Crippen LogP contribution in [0.4, 0.5) is 10.8 Å². The van der Waals surface area contributed by atoms with Crippen molar-refractivity contribution in [3.63, 3.8) is 0 Å². The summed E-state index contributed by atoms with van der Waals surface area (Å²) in [5.74, 6) is 0.580. The lowest BCUT2D eigenvalue weighted by molar-refractivity contribution is -0.115. The van der Waals surface area contributed by atoms with Gasteiger partial charge in [0.2, 0.25) is 10.7 Å². The lowest BCUT2D eigenvalue weighted by Gasteiger charge is -2.18. The molecule has 0 aliphatic rings. The number of ether oxygens (including phenoxy) is 1. The molecule has 3 rings (SSSR count). The van der Waals surface area contributed by atoms with E-state index in [1.165, 1.54) is 34.2 Å². The number of nitrogens with zero attached hydrogens (tertiary/aromatic N) is 5. The van der Waals surface area contributed by atoms with Crippen molar-refractivity contribution in [2.75, 3.05) is 12.0 Å². The molecule has 2 heterocycles. The zero-order valence-corrected chi connectivity index (χ0v) is 15.0. The standard InChI is InChI=1S/C15H14N6O2S2/c1-10(22)21(12-3-5-13(23-2)6-4-12)15-18-11(8-25-15)7-17-20-9-16-19-14(20)24/h3-9H,1-2H3,(H,19,24)/b17-7-. The van der Waals surface area contributed by atoms with Crippen LogP contribution in [0.1, 0.15) is 12.6 Å². The molecule has 0 bridgehead atoms. The highest BCUT2D eigenvalue weighted by atomic mass is 32.1. The number of nitrogens with one attached hydrogen (secondary N) is 1. The van der Waals surface area contributed by atoms with Crippen molar-refractivity contribution in [2.24, 2.45) is 5.10 Å². The van der Waals surface area contributed by atoms with Gasteiger partial charge in [-0.3, -0.25) is 14.8 Å². The highest BCUT2D eigenvalue weighted by molar-refractivity contribution is 7.71. The summed E-state index contributed by atoms with van der Waals surface area (Å²) >= 11 is 6.36. The number of rotatable bonds is 5. The maximum absolute atomic E-state index is 12.1. The summed E-state index contributed by atoms with van der Waals surface area (Å²) in [5, 5.41) is 12.9. The lowest BCUT2D eigenvalue weighted by Crippen LogP contribution is -2.22. The van der Waals surface area contributed by atoms with Gasteiger partial charge in [-0.05, 0) is 36.5 Å². The molecule has 25 heavy (non-hydrogen) atoms. The molecule has 0 fully saturated rings. The number of amides is 1. The Hall–Kier alpha value is -2.85. The average Bonchev–Trinajstić information content (AvgIpc) is 3.22. The van der Waals surface area contributed by atoms with Gasteiger partial charge in [-0.1, -0.05) is 0 Å². The summed E-state index contributed by atoms with van der Waals surface area (Å²) in [6, 6.07) is 7.20. The fourth-order valence-electron chi connectivity index (χ4n) is 2.04. The van der Waals surface area contributed by atoms with Crippen LogP contribution in [0.25, 0.3) is 0 Å². The highest BCUT2D eigenvalue weighted by Gasteiger charge is 2.17. The second kappa shape index (κ2) is 7.36. The fraction of sp³-hybridized carbons (Fsp3) is 0.133. The van der Waals surface area contributed by atoms with Crippen LogP contribution in [0.2, 0.25) is 0 Å². The molecule has 3 aromatic rings. The fourth-order valence-corrected chi connectivity index (χ4v) is 3.03. The molecule has 0 spiro atoms. The van der Waals surface area contributed by atoms with Gasteiger partial charge in [0, 0.05) is 12.3 Å². The molecule has 10 heteroatoms. The van der Waals surface area contributed by atoms with Crippen molar-refractivity contribution in [3.8, 4) is 5.75 Å². The summed E-state index contributed by atoms with van der Waals surface area (Å²) in [7, 11) is 1.59. The van der Waals surface area contributed by atoms with E-state index in [4.69, 9.17) is 17.0 Å². The summed E-state index contributed by atoms with van der Waals surface area (Å²) in [5.41, 5.74) is 1.33. The first-order valence-electron chi connectivity index (χ1n) is 7.15. The van der Waals surface area contributed by atoms with Crippen LogP contribution in [-0.2, 0) is 4.79 Å². The second-order valence-corrected chi connectivity index (χ2v) is 6.08. The van der Waals surface area contributed by atoms with E-state index in [0.29, 0.717) is 21.3 Å². The first-order chi connectivity index (χ1) is 12.1. The van der Waals surface area contributed by atoms with Gasteiger partial charge in [-0.2, -0.15) is 14.9 Å². The molecule has 0 atom stereocenters. The lowest BCUT2D eigenvalue weighted by atomic mass is 10.3. The number of benzene rings is 1. The zero-order chi connectivity index (χ0) is 17.8. The molecule has 128 valence electrons. The van der Waals surface area contributed by atoms with Crippen LogP contribution in [-0.4, -0.2) is 39.1 Å². The molecule has 0 radical (unpaired) electrons. The number of anilines is 2. The minimum absolute atomic E-state index is 0.139. The minimum Gasteiger partial charge on any atom is -0.497 e. The Balaban J connectivity index is 1.86. The van der Waals surface area contributed by atoms with Crippen molar-refractivity contribution in [3.05, 3.63) is 46.4 Å². The average molecular weight is 374 g/mol. The molecule has 0 saturated carbocycles. The number of H-pyrrole nitrogens is 1. The number of carbonyl (C=O) groups is 1. The van der Waals surface area contributed by atoms with Crippen molar-refractivity contribution in [1.29, 1.82) is 0 Å². The normalized spacial score (nSPS) is 11.0. The first-order valence-corrected chi connectivity index (χ1v) is 8.44. The van der Waals surface area contributed by atoms with Gasteiger partial charge < -0.3 is 4.74 Å². The summed E-state index contributed by atoms with van der Waals surface area (Å²) in [4.78, 5) is 18.1. The van der Waals surface area contributed by atoms with Gasteiger partial charge >= 0.3 is 0 Å². The Labute approximate surface area is 152 Å². The Bertz CT molecular complexity index is 957. The number of aromatic nitrogens is 4. The Kier molecular flexibility index (Phi) is 5.00. The summed E-state index contributed by atoms with van der Waals surface area (Å²) in [6.45, 7) is 1.49. The topological polar surface area (TPSA) is 88.4 Å². The van der Waals surface area contributed by atoms with Crippen LogP contribution in [0.3, 0.4) is 0 Å². The predicted molar refractivity (Wildman–Crippen MR) is 98.3 cm³/mol. The van der Waals surface area contributed by atoms with E-state index in [0.717, 1.165) is 5.75 Å². The molecule has 0 unspecified atom stereocenters. The molecule has 1 aromatic carbocycles. The van der Waals surface area contributed by atoms with E-state index in [1.54, 1.807) is 37.6 Å². The molecule has 1 N–H and O–H groups in total. The van der Waals surface area contributed by atoms with Crippen molar-refractivity contribution < 1.29 is 9.53 Å². The number of aromatic amines is 1. The van der Waals surface area contributed by atoms with Crippen LogP contribution in [0.5, 0.6) is 5.75 Å². The molecule has 0 aliphatic heterocycles. The molecule has 1 amide bonds. The summed E-state index contributed by atoms with van der Waals surface area (Å²) < 4.78 is 6.95. The van der Waals surface area contributed by atoms with Crippen molar-refractivity contribution >= 4 is 46.5 Å². The van der Waals surface area contributed by atoms with E-state index in [2.05, 4.69) is 20.3 Å². The molecule has 0 aliphatic carbocycles. The summed E-state index contributed by atoms with van der Waals surface area (Å²) in [6.07, 6.45) is 3.02. The Morgan fingerprint density at radius 2 is 2.20 bits per heavy atom. The Morgan fingerprint density at radius 1 is 1.44 bits per heavy atom. The van der Waals surface area contributed by atoms with Crippen molar-refractivity contribution in [2.45, 2.75) is 6.92 Å². The monoisotopic (exact) mass is 374 g/mol. The third-order valence-corrected chi connectivity index (χ3v) is 4.32. The van der Waals surface area contributed by atoms with Crippen LogP contribution in [0.15, 0.2) is 41.1 Å². The third-order valence-electron chi connectivity index (χ3n) is 3.20. The van der Waals surface area contributed by atoms with Gasteiger partial charge in [0.15, 0.2) is 5.13 Å². The Morgan fingerprint density at radius 3 is 2.80 bits per heavy atom. The minimum atomic E-state index is -0.139. The number of methoxy groups -OCH3 is 1. The molecular formula is C15H14N6O2S2. The van der Waals surface area contributed by atoms with Gasteiger partial charge in [0.25, 0.3) is 0 Å². The third kappa shape index (κ3) is 3.80. The quantitative estimate of drug-likeness (QED) is 0.548. The van der Waals surface area contributed by atoms with E-state index in [-0.39, 0.29) is 5.91 Å². The van der Waals surface area contributed by atoms with Crippen LogP contribution < -0.4 is 9.64 Å². The smallest absolute Gasteiger partial charge is 0.230 e.